The highest BCUT2D eigenvalue weighted by atomic mass is 79.9. The van der Waals surface area contributed by atoms with E-state index in [9.17, 15) is 24.2 Å². The van der Waals surface area contributed by atoms with Crippen molar-refractivity contribution in [3.05, 3.63) is 69.9 Å². The molecular formula is C30H34BrFO8. The molecule has 0 aliphatic carbocycles. The maximum atomic E-state index is 13.1. The monoisotopic (exact) mass is 620 g/mol. The number of esters is 2. The van der Waals surface area contributed by atoms with E-state index in [4.69, 9.17) is 18.9 Å². The molecule has 216 valence electrons. The molecule has 3 aromatic rings. The SMILES string of the molecule is CCCOc1cc(C(=O)OCC)cc(O)c1-c1ccc(F)cc1.CCCOc1cc(C(=O)OCC)cc(O)c1Br. The highest BCUT2D eigenvalue weighted by Gasteiger charge is 2.18. The Hall–Kier alpha value is -3.79. The van der Waals surface area contributed by atoms with Gasteiger partial charge in [0.2, 0.25) is 0 Å². The molecule has 0 saturated heterocycles. The molecule has 0 atom stereocenters. The van der Waals surface area contributed by atoms with Gasteiger partial charge >= 0.3 is 11.9 Å². The van der Waals surface area contributed by atoms with E-state index in [1.165, 1.54) is 30.3 Å². The van der Waals surface area contributed by atoms with Crippen LogP contribution in [0, 0.1) is 5.82 Å². The van der Waals surface area contributed by atoms with Crippen molar-refractivity contribution in [2.45, 2.75) is 40.5 Å². The zero-order valence-electron chi connectivity index (χ0n) is 23.0. The van der Waals surface area contributed by atoms with Crippen molar-refractivity contribution in [3.63, 3.8) is 0 Å². The number of rotatable bonds is 11. The van der Waals surface area contributed by atoms with Crippen LogP contribution in [0.15, 0.2) is 53.0 Å². The predicted octanol–water partition coefficient (Wildman–Crippen LogP) is 7.28. The number of halogens is 2. The predicted molar refractivity (Wildman–Crippen MR) is 153 cm³/mol. The standard InChI is InChI=1S/C18H19FO4.C12H15BrO4/c1-3-9-23-16-11-13(18(21)22-4-2)10-15(20)17(16)12-5-7-14(19)8-6-12;1-3-5-17-10-7-8(12(15)16-4-2)6-9(14)11(10)13/h5-8,10-11,20H,3-4,9H2,1-2H3;6-7,14H,3-5H2,1-2H3. The molecule has 0 aliphatic heterocycles. The molecule has 3 rings (SSSR count). The molecule has 3 aromatic carbocycles. The van der Waals surface area contributed by atoms with Crippen molar-refractivity contribution in [1.29, 1.82) is 0 Å². The molecule has 40 heavy (non-hydrogen) atoms. The Morgan fingerprint density at radius 2 is 1.23 bits per heavy atom. The van der Waals surface area contributed by atoms with Crippen molar-refractivity contribution < 1.29 is 43.1 Å². The van der Waals surface area contributed by atoms with Crippen molar-refractivity contribution in [2.75, 3.05) is 26.4 Å². The van der Waals surface area contributed by atoms with Gasteiger partial charge in [-0.05, 0) is 84.6 Å². The van der Waals surface area contributed by atoms with Crippen LogP contribution in [0.3, 0.4) is 0 Å². The summed E-state index contributed by atoms with van der Waals surface area (Å²) in [5.41, 5.74) is 1.51. The van der Waals surface area contributed by atoms with Gasteiger partial charge in [0, 0.05) is 0 Å². The Morgan fingerprint density at radius 1 is 0.750 bits per heavy atom. The van der Waals surface area contributed by atoms with Gasteiger partial charge in [-0.25, -0.2) is 14.0 Å². The van der Waals surface area contributed by atoms with E-state index >= 15 is 0 Å². The van der Waals surface area contributed by atoms with Gasteiger partial charge in [0.1, 0.15) is 33.3 Å². The van der Waals surface area contributed by atoms with Crippen LogP contribution >= 0.6 is 15.9 Å². The first-order valence-electron chi connectivity index (χ1n) is 12.9. The van der Waals surface area contributed by atoms with E-state index in [1.54, 1.807) is 32.0 Å². The molecule has 8 nitrogen and oxygen atoms in total. The molecule has 0 unspecified atom stereocenters. The number of benzene rings is 3. The smallest absolute Gasteiger partial charge is 0.338 e. The fourth-order valence-electron chi connectivity index (χ4n) is 3.40. The average Bonchev–Trinajstić information content (AvgIpc) is 2.93. The fraction of sp³-hybridized carbons (Fsp3) is 0.333. The molecule has 0 spiro atoms. The molecule has 0 radical (unpaired) electrons. The first kappa shape index (κ1) is 32.4. The molecule has 0 amide bonds. The van der Waals surface area contributed by atoms with Gasteiger partial charge in [0.15, 0.2) is 0 Å². The normalized spacial score (nSPS) is 10.2. The van der Waals surface area contributed by atoms with E-state index < -0.39 is 11.9 Å². The van der Waals surface area contributed by atoms with Gasteiger partial charge < -0.3 is 29.2 Å². The first-order valence-corrected chi connectivity index (χ1v) is 13.7. The highest BCUT2D eigenvalue weighted by molar-refractivity contribution is 9.10. The third-order valence-electron chi connectivity index (χ3n) is 5.18. The minimum absolute atomic E-state index is 0.0401. The van der Waals surface area contributed by atoms with Crippen LogP contribution in [0.4, 0.5) is 4.39 Å². The Kier molecular flexibility index (Phi) is 13.2. The van der Waals surface area contributed by atoms with Crippen LogP contribution < -0.4 is 9.47 Å². The van der Waals surface area contributed by atoms with E-state index in [0.29, 0.717) is 46.9 Å². The molecule has 2 N–H and O–H groups in total. The average molecular weight is 621 g/mol. The molecule has 0 aromatic heterocycles. The largest absolute Gasteiger partial charge is 0.507 e. The van der Waals surface area contributed by atoms with Crippen LogP contribution in [0.2, 0.25) is 0 Å². The Balaban J connectivity index is 0.000000294. The Labute approximate surface area is 241 Å². The number of hydrogen-bond donors (Lipinski definition) is 2. The second kappa shape index (κ2) is 16.3. The van der Waals surface area contributed by atoms with Crippen molar-refractivity contribution in [2.24, 2.45) is 0 Å². The Morgan fingerprint density at radius 3 is 1.73 bits per heavy atom. The number of aromatic hydroxyl groups is 2. The summed E-state index contributed by atoms with van der Waals surface area (Å²) in [5, 5.41) is 20.0. The van der Waals surface area contributed by atoms with E-state index in [-0.39, 0.29) is 35.1 Å². The third-order valence-corrected chi connectivity index (χ3v) is 5.98. The van der Waals surface area contributed by atoms with Crippen LogP contribution in [0.5, 0.6) is 23.0 Å². The quantitative estimate of drug-likeness (QED) is 0.215. The molecule has 0 saturated carbocycles. The molecule has 0 heterocycles. The number of carbonyl (C=O) groups excluding carboxylic acids is 2. The maximum absolute atomic E-state index is 13.1. The minimum atomic E-state index is -0.533. The van der Waals surface area contributed by atoms with Gasteiger partial charge in [0.25, 0.3) is 0 Å². The van der Waals surface area contributed by atoms with Crippen molar-refractivity contribution >= 4 is 27.9 Å². The summed E-state index contributed by atoms with van der Waals surface area (Å²) < 4.78 is 34.4. The summed E-state index contributed by atoms with van der Waals surface area (Å²) in [4.78, 5) is 23.4. The van der Waals surface area contributed by atoms with Gasteiger partial charge in [-0.2, -0.15) is 0 Å². The summed E-state index contributed by atoms with van der Waals surface area (Å²) in [6.07, 6.45) is 1.62. The number of ether oxygens (including phenoxy) is 4. The van der Waals surface area contributed by atoms with Crippen LogP contribution in [-0.4, -0.2) is 48.6 Å². The van der Waals surface area contributed by atoms with Crippen molar-refractivity contribution in [3.8, 4) is 34.1 Å². The first-order chi connectivity index (χ1) is 19.2. The van der Waals surface area contributed by atoms with Crippen LogP contribution in [0.25, 0.3) is 11.1 Å². The second-order valence-corrected chi connectivity index (χ2v) is 9.11. The zero-order valence-corrected chi connectivity index (χ0v) is 24.5. The summed E-state index contributed by atoms with van der Waals surface area (Å²) in [6, 6.07) is 11.5. The van der Waals surface area contributed by atoms with Crippen LogP contribution in [-0.2, 0) is 9.47 Å². The second-order valence-electron chi connectivity index (χ2n) is 8.32. The number of hydrogen-bond acceptors (Lipinski definition) is 8. The third kappa shape index (κ3) is 9.15. The number of phenols is 2. The molecule has 0 fully saturated rings. The van der Waals surface area contributed by atoms with E-state index in [0.717, 1.165) is 12.8 Å². The lowest BCUT2D eigenvalue weighted by Gasteiger charge is -2.15. The van der Waals surface area contributed by atoms with E-state index in [2.05, 4.69) is 15.9 Å². The lowest BCUT2D eigenvalue weighted by molar-refractivity contribution is 0.0516. The van der Waals surface area contributed by atoms with Crippen LogP contribution in [0.1, 0.15) is 61.3 Å². The number of carbonyl (C=O) groups is 2. The summed E-state index contributed by atoms with van der Waals surface area (Å²) in [7, 11) is 0. The van der Waals surface area contributed by atoms with Gasteiger partial charge in [0.05, 0.1) is 43.1 Å². The van der Waals surface area contributed by atoms with Crippen molar-refractivity contribution in [1.82, 2.24) is 0 Å². The summed E-state index contributed by atoms with van der Waals surface area (Å²) >= 11 is 3.21. The summed E-state index contributed by atoms with van der Waals surface area (Å²) in [6.45, 7) is 8.84. The van der Waals surface area contributed by atoms with Gasteiger partial charge in [-0.3, -0.25) is 0 Å². The number of phenolic OH excluding ortho intramolecular Hbond substituents is 2. The molecule has 0 aliphatic rings. The lowest BCUT2D eigenvalue weighted by Crippen LogP contribution is -2.06. The van der Waals surface area contributed by atoms with Gasteiger partial charge in [-0.15, -0.1) is 0 Å². The fourth-order valence-corrected chi connectivity index (χ4v) is 3.74. The Bertz CT molecular complexity index is 1280. The van der Waals surface area contributed by atoms with E-state index in [1.807, 2.05) is 13.8 Å². The molecule has 10 heteroatoms. The molecule has 0 bridgehead atoms. The maximum Gasteiger partial charge on any atom is 0.338 e. The summed E-state index contributed by atoms with van der Waals surface area (Å²) in [5.74, 6) is -0.731. The lowest BCUT2D eigenvalue weighted by atomic mass is 10.0. The highest BCUT2D eigenvalue weighted by Crippen LogP contribution is 2.39. The minimum Gasteiger partial charge on any atom is -0.507 e. The zero-order chi connectivity index (χ0) is 29.7. The van der Waals surface area contributed by atoms with Gasteiger partial charge in [-0.1, -0.05) is 26.0 Å². The topological polar surface area (TPSA) is 112 Å². The molecular weight excluding hydrogens is 587 g/mol.